The van der Waals surface area contributed by atoms with Gasteiger partial charge >= 0.3 is 5.97 Å². The summed E-state index contributed by atoms with van der Waals surface area (Å²) in [6, 6.07) is -3.17. The lowest BCUT2D eigenvalue weighted by Crippen LogP contribution is -2.65. The molecule has 1 aromatic rings. The van der Waals surface area contributed by atoms with E-state index >= 15 is 0 Å². The second kappa shape index (κ2) is 20.4. The number of phenolic OH excluding ortho intramolecular Hbond substituents is 1. The topological polar surface area (TPSA) is 276 Å². The summed E-state index contributed by atoms with van der Waals surface area (Å²) in [6.45, 7) is 11.2. The normalized spacial score (nSPS) is 26.9. The quantitative estimate of drug-likeness (QED) is 0.145. The first-order valence-corrected chi connectivity index (χ1v) is 19.5. The number of phenols is 1. The molecule has 3 rings (SSSR count). The van der Waals surface area contributed by atoms with Crippen LogP contribution in [0.3, 0.4) is 0 Å². The number of hydrogen-bond donors (Lipinski definition) is 9. The van der Waals surface area contributed by atoms with Crippen LogP contribution in [0.15, 0.2) is 24.3 Å². The van der Waals surface area contributed by atoms with Crippen LogP contribution in [0.25, 0.3) is 0 Å². The van der Waals surface area contributed by atoms with E-state index in [1.54, 1.807) is 51.7 Å². The first-order chi connectivity index (χ1) is 27.0. The molecule has 0 aliphatic carbocycles. The average Bonchev–Trinajstić information content (AvgIpc) is 3.57. The highest BCUT2D eigenvalue weighted by Gasteiger charge is 2.44. The van der Waals surface area contributed by atoms with Crippen molar-refractivity contribution >= 4 is 47.3 Å². The molecule has 0 spiro atoms. The lowest BCUT2D eigenvalue weighted by atomic mass is 10.0. The number of likely N-dealkylation sites (N-methyl/N-ethyl adjacent to an activating group) is 1. The first-order valence-electron chi connectivity index (χ1n) is 19.5. The van der Waals surface area contributed by atoms with Crippen LogP contribution in [-0.2, 0) is 44.8 Å². The number of nitrogens with zero attached hydrogens (tertiary/aromatic N) is 2. The smallest absolute Gasteiger partial charge is 0.305 e. The molecule has 0 aromatic heterocycles. The Hall–Kier alpha value is -5.30. The number of fused-ring (bicyclic) bond motifs is 1. The molecule has 2 saturated heterocycles. The minimum atomic E-state index is -1.75. The lowest BCUT2D eigenvalue weighted by molar-refractivity contribution is -0.142. The Labute approximate surface area is 338 Å². The molecule has 19 heteroatoms. The maximum atomic E-state index is 14.2. The van der Waals surface area contributed by atoms with Gasteiger partial charge in [-0.2, -0.15) is 0 Å². The van der Waals surface area contributed by atoms with Crippen LogP contribution in [0.2, 0.25) is 0 Å². The van der Waals surface area contributed by atoms with Crippen molar-refractivity contribution < 1.29 is 53.7 Å². The molecule has 7 amide bonds. The molecule has 2 aliphatic heterocycles. The average molecular weight is 817 g/mol. The Bertz CT molecular complexity index is 1680. The molecule has 19 nitrogen and oxygen atoms in total. The molecular formula is C39H60N8O11. The summed E-state index contributed by atoms with van der Waals surface area (Å²) in [6.07, 6.45) is -1.71. The summed E-state index contributed by atoms with van der Waals surface area (Å²) in [5.74, 6) is -7.23. The van der Waals surface area contributed by atoms with Gasteiger partial charge in [0.2, 0.25) is 41.4 Å². The van der Waals surface area contributed by atoms with E-state index in [4.69, 9.17) is 0 Å². The third kappa shape index (κ3) is 13.7. The van der Waals surface area contributed by atoms with Crippen molar-refractivity contribution in [3.63, 3.8) is 0 Å². The number of hydrogen-bond acceptors (Lipinski definition) is 11. The molecule has 8 atom stereocenters. The maximum absolute atomic E-state index is 14.2. The Morgan fingerprint density at radius 1 is 0.862 bits per heavy atom. The van der Waals surface area contributed by atoms with Crippen molar-refractivity contribution in [2.45, 2.75) is 135 Å². The SMILES string of the molecule is CC(C)C[C@H]1NC(=O)CN(C)C(=O)[C@H](Cc2ccc(O)cc2)NC(=O)[C@@H]2CCCN2[C@@H](C(=O)NC(C)(C)C)[C@H](C)NC(=O)[C@H]([C@@H](C)O)NC(=O)[C@H](CC(=O)O)NC1=O. The minimum Gasteiger partial charge on any atom is -0.508 e. The number of carbonyl (C=O) groups is 8. The zero-order valence-corrected chi connectivity index (χ0v) is 34.5. The van der Waals surface area contributed by atoms with Gasteiger partial charge in [0.1, 0.15) is 36.0 Å². The van der Waals surface area contributed by atoms with Gasteiger partial charge in [-0.05, 0) is 84.0 Å². The van der Waals surface area contributed by atoms with Crippen molar-refractivity contribution in [3.8, 4) is 5.75 Å². The van der Waals surface area contributed by atoms with Crippen molar-refractivity contribution in [1.29, 1.82) is 0 Å². The van der Waals surface area contributed by atoms with Gasteiger partial charge < -0.3 is 52.1 Å². The number of benzene rings is 1. The summed E-state index contributed by atoms with van der Waals surface area (Å²) < 4.78 is 0. The fourth-order valence-corrected chi connectivity index (χ4v) is 7.06. The van der Waals surface area contributed by atoms with Gasteiger partial charge in [0, 0.05) is 19.0 Å². The molecule has 58 heavy (non-hydrogen) atoms. The van der Waals surface area contributed by atoms with Crippen LogP contribution < -0.4 is 31.9 Å². The van der Waals surface area contributed by atoms with Gasteiger partial charge in [-0.3, -0.25) is 43.3 Å². The van der Waals surface area contributed by atoms with Crippen molar-refractivity contribution in [1.82, 2.24) is 41.7 Å². The molecule has 1 aromatic carbocycles. The molecule has 2 fully saturated rings. The third-order valence-electron chi connectivity index (χ3n) is 9.75. The minimum absolute atomic E-state index is 0.0172. The van der Waals surface area contributed by atoms with E-state index in [0.29, 0.717) is 12.0 Å². The fraction of sp³-hybridized carbons (Fsp3) is 0.641. The van der Waals surface area contributed by atoms with E-state index in [-0.39, 0.29) is 37.5 Å². The van der Waals surface area contributed by atoms with Crippen LogP contribution in [0.1, 0.15) is 79.7 Å². The third-order valence-corrected chi connectivity index (χ3v) is 9.75. The summed E-state index contributed by atoms with van der Waals surface area (Å²) in [5.41, 5.74) is -0.172. The number of carbonyl (C=O) groups excluding carboxylic acids is 7. The van der Waals surface area contributed by atoms with E-state index in [0.717, 1.165) is 4.90 Å². The molecule has 0 saturated carbocycles. The number of amides is 7. The highest BCUT2D eigenvalue weighted by atomic mass is 16.4. The summed E-state index contributed by atoms with van der Waals surface area (Å²) >= 11 is 0. The van der Waals surface area contributed by atoms with E-state index in [9.17, 15) is 53.7 Å². The van der Waals surface area contributed by atoms with Gasteiger partial charge in [0.05, 0.1) is 31.2 Å². The van der Waals surface area contributed by atoms with Gasteiger partial charge in [0.15, 0.2) is 0 Å². The van der Waals surface area contributed by atoms with Gasteiger partial charge in [-0.1, -0.05) is 26.0 Å². The molecule has 9 N–H and O–H groups in total. The number of carboxylic acid groups (broad SMARTS) is 1. The molecule has 2 aliphatic rings. The second-order valence-electron chi connectivity index (χ2n) is 16.6. The van der Waals surface area contributed by atoms with E-state index in [1.807, 2.05) is 0 Å². The molecule has 0 radical (unpaired) electrons. The number of aliphatic carboxylic acids is 1. The zero-order chi connectivity index (χ0) is 43.6. The summed E-state index contributed by atoms with van der Waals surface area (Å²) in [5, 5.41) is 45.8. The highest BCUT2D eigenvalue weighted by Crippen LogP contribution is 2.24. The lowest BCUT2D eigenvalue weighted by Gasteiger charge is -2.38. The molecule has 322 valence electrons. The van der Waals surface area contributed by atoms with E-state index < -0.39 is 114 Å². The predicted molar refractivity (Wildman–Crippen MR) is 210 cm³/mol. The second-order valence-corrected chi connectivity index (χ2v) is 16.6. The Morgan fingerprint density at radius 2 is 1.47 bits per heavy atom. The van der Waals surface area contributed by atoms with Crippen LogP contribution >= 0.6 is 0 Å². The van der Waals surface area contributed by atoms with Crippen LogP contribution in [-0.4, -0.2) is 147 Å². The standard InChI is InChI=1S/C39H60N8O11/c1-20(2)16-25-33(53)42-26(18-30(51)52)34(54)44-31(22(4)48)36(56)40-21(3)32(37(57)45-39(5,6)7)47-15-9-10-28(47)35(55)43-27(17-23-11-13-24(49)14-12-23)38(58)46(8)19-29(50)41-25/h11-14,20-22,25-28,31-32,48-49H,9-10,15-19H2,1-8H3,(H,40,56)(H,41,50)(H,42,53)(H,43,55)(H,44,54)(H,45,57)(H,51,52)/t21-,22+,25+,26-,27-,28-,31-,32+/m0/s1. The Morgan fingerprint density at radius 3 is 2.03 bits per heavy atom. The van der Waals surface area contributed by atoms with Gasteiger partial charge in [-0.25, -0.2) is 0 Å². The Balaban J connectivity index is 2.15. The number of aromatic hydroxyl groups is 1. The molecule has 0 bridgehead atoms. The number of nitrogens with one attached hydrogen (secondary N) is 6. The van der Waals surface area contributed by atoms with E-state index in [1.165, 1.54) is 33.0 Å². The number of carboxylic acids is 1. The number of aliphatic hydroxyl groups excluding tert-OH is 1. The van der Waals surface area contributed by atoms with Crippen LogP contribution in [0.5, 0.6) is 5.75 Å². The van der Waals surface area contributed by atoms with Crippen molar-refractivity contribution in [3.05, 3.63) is 29.8 Å². The largest absolute Gasteiger partial charge is 0.508 e. The Kier molecular flexibility index (Phi) is 16.6. The van der Waals surface area contributed by atoms with E-state index in [2.05, 4.69) is 31.9 Å². The highest BCUT2D eigenvalue weighted by molar-refractivity contribution is 5.97. The summed E-state index contributed by atoms with van der Waals surface area (Å²) in [7, 11) is 1.34. The van der Waals surface area contributed by atoms with Gasteiger partial charge in [0.25, 0.3) is 0 Å². The number of aliphatic hydroxyl groups is 1. The fourth-order valence-electron chi connectivity index (χ4n) is 7.06. The maximum Gasteiger partial charge on any atom is 0.305 e. The summed E-state index contributed by atoms with van der Waals surface area (Å²) in [4.78, 5) is 111. The van der Waals surface area contributed by atoms with Crippen molar-refractivity contribution in [2.75, 3.05) is 20.1 Å². The number of rotatable bonds is 8. The van der Waals surface area contributed by atoms with Gasteiger partial charge in [-0.15, -0.1) is 0 Å². The molecule has 2 heterocycles. The zero-order valence-electron chi connectivity index (χ0n) is 34.5. The van der Waals surface area contributed by atoms with Crippen LogP contribution in [0, 0.1) is 5.92 Å². The molecule has 0 unspecified atom stereocenters. The monoisotopic (exact) mass is 816 g/mol. The van der Waals surface area contributed by atoms with Crippen molar-refractivity contribution in [2.24, 2.45) is 5.92 Å². The first kappa shape index (κ1) is 47.1. The van der Waals surface area contributed by atoms with Crippen LogP contribution in [0.4, 0.5) is 0 Å². The molecular weight excluding hydrogens is 756 g/mol. The predicted octanol–water partition coefficient (Wildman–Crippen LogP) is -1.50.